The van der Waals surface area contributed by atoms with Crippen molar-refractivity contribution in [2.45, 2.75) is 38.6 Å². The number of hydrogen-bond donors (Lipinski definition) is 2. The molecule has 0 spiro atoms. The van der Waals surface area contributed by atoms with Crippen molar-refractivity contribution in [1.82, 2.24) is 20.4 Å². The smallest absolute Gasteiger partial charge is 0.191 e. The average Bonchev–Trinajstić information content (AvgIpc) is 3.09. The number of rotatable bonds is 6. The van der Waals surface area contributed by atoms with Crippen LogP contribution < -0.4 is 15.5 Å². The van der Waals surface area contributed by atoms with Gasteiger partial charge in [-0.05, 0) is 32.6 Å². The van der Waals surface area contributed by atoms with Gasteiger partial charge in [0.2, 0.25) is 0 Å². The number of hydrogen-bond acceptors (Lipinski definition) is 4. The first-order valence-electron chi connectivity index (χ1n) is 9.78. The van der Waals surface area contributed by atoms with E-state index in [0.717, 1.165) is 58.2 Å². The first kappa shape index (κ1) is 22.0. The van der Waals surface area contributed by atoms with Crippen molar-refractivity contribution >= 4 is 35.6 Å². The highest BCUT2D eigenvalue weighted by atomic mass is 127. The van der Waals surface area contributed by atoms with E-state index in [0.29, 0.717) is 6.04 Å². The number of anilines is 1. The van der Waals surface area contributed by atoms with Gasteiger partial charge in [0, 0.05) is 45.5 Å². The lowest BCUT2D eigenvalue weighted by atomic mass is 10.1. The Morgan fingerprint density at radius 3 is 3.04 bits per heavy atom. The van der Waals surface area contributed by atoms with Crippen LogP contribution in [0.1, 0.15) is 32.6 Å². The molecular formula is C19H33IN6O. The predicted molar refractivity (Wildman–Crippen MR) is 121 cm³/mol. The van der Waals surface area contributed by atoms with Crippen LogP contribution in [0.3, 0.4) is 0 Å². The van der Waals surface area contributed by atoms with Gasteiger partial charge in [-0.2, -0.15) is 5.10 Å². The molecule has 0 bridgehead atoms. The largest absolute Gasteiger partial charge is 0.377 e. The van der Waals surface area contributed by atoms with Gasteiger partial charge in [-0.3, -0.25) is 9.67 Å². The maximum atomic E-state index is 5.37. The van der Waals surface area contributed by atoms with Gasteiger partial charge in [-0.15, -0.1) is 24.0 Å². The molecule has 152 valence electrons. The third-order valence-electron chi connectivity index (χ3n) is 4.92. The molecule has 2 N–H and O–H groups in total. The Bertz CT molecular complexity index is 629. The van der Waals surface area contributed by atoms with Crippen LogP contribution in [0.25, 0.3) is 0 Å². The Balaban J connectivity index is 0.00000261. The molecule has 1 saturated heterocycles. The number of nitrogens with zero attached hydrogens (tertiary/aromatic N) is 4. The van der Waals surface area contributed by atoms with Gasteiger partial charge >= 0.3 is 0 Å². The van der Waals surface area contributed by atoms with E-state index < -0.39 is 0 Å². The molecule has 1 unspecified atom stereocenters. The van der Waals surface area contributed by atoms with Gasteiger partial charge in [0.1, 0.15) is 0 Å². The Hall–Kier alpha value is -1.29. The number of nitrogens with one attached hydrogen (secondary N) is 2. The number of ether oxygens (including phenoxy) is 1. The summed E-state index contributed by atoms with van der Waals surface area (Å²) in [7, 11) is 1.97. The van der Waals surface area contributed by atoms with Crippen LogP contribution in [0.4, 0.5) is 5.69 Å². The third-order valence-corrected chi connectivity index (χ3v) is 4.92. The van der Waals surface area contributed by atoms with Crippen molar-refractivity contribution in [3.05, 3.63) is 24.0 Å². The molecule has 1 aromatic rings. The average molecular weight is 488 g/mol. The van der Waals surface area contributed by atoms with E-state index in [4.69, 9.17) is 9.73 Å². The molecule has 1 fully saturated rings. The monoisotopic (exact) mass is 488 g/mol. The van der Waals surface area contributed by atoms with E-state index >= 15 is 0 Å². The summed E-state index contributed by atoms with van der Waals surface area (Å²) in [6, 6.07) is 0.407. The quantitative estimate of drug-likeness (QED) is 0.279. The van der Waals surface area contributed by atoms with Crippen molar-refractivity contribution in [1.29, 1.82) is 0 Å². The van der Waals surface area contributed by atoms with Gasteiger partial charge < -0.3 is 20.3 Å². The van der Waals surface area contributed by atoms with Crippen LogP contribution in [0.2, 0.25) is 0 Å². The highest BCUT2D eigenvalue weighted by molar-refractivity contribution is 14.0. The lowest BCUT2D eigenvalue weighted by Gasteiger charge is -2.34. The Morgan fingerprint density at radius 1 is 1.44 bits per heavy atom. The van der Waals surface area contributed by atoms with Crippen molar-refractivity contribution in [3.63, 3.8) is 0 Å². The summed E-state index contributed by atoms with van der Waals surface area (Å²) in [5.74, 6) is 0.929. The van der Waals surface area contributed by atoms with E-state index in [1.807, 2.05) is 17.9 Å². The van der Waals surface area contributed by atoms with Crippen LogP contribution in [0.15, 0.2) is 29.0 Å². The first-order chi connectivity index (χ1) is 12.7. The summed E-state index contributed by atoms with van der Waals surface area (Å²) in [6.45, 7) is 7.48. The summed E-state index contributed by atoms with van der Waals surface area (Å²) in [5.41, 5.74) is 2.67. The molecule has 1 aromatic heterocycles. The predicted octanol–water partition coefficient (Wildman–Crippen LogP) is 2.30. The second-order valence-electron chi connectivity index (χ2n) is 7.00. The lowest BCUT2D eigenvalue weighted by molar-refractivity contribution is 0.153. The molecular weight excluding hydrogens is 455 g/mol. The fraction of sp³-hybridized carbons (Fsp3) is 0.684. The van der Waals surface area contributed by atoms with Crippen molar-refractivity contribution in [2.24, 2.45) is 12.0 Å². The molecule has 0 aromatic carbocycles. The highest BCUT2D eigenvalue weighted by Crippen LogP contribution is 2.19. The number of aryl methyl sites for hydroxylation is 1. The Morgan fingerprint density at radius 2 is 2.33 bits per heavy atom. The Kier molecular flexibility index (Phi) is 9.40. The molecule has 3 heterocycles. The topological polar surface area (TPSA) is 66.7 Å². The molecule has 0 amide bonds. The van der Waals surface area contributed by atoms with Crippen molar-refractivity contribution in [2.75, 3.05) is 44.3 Å². The van der Waals surface area contributed by atoms with E-state index in [2.05, 4.69) is 39.8 Å². The number of guanidine groups is 1. The van der Waals surface area contributed by atoms with Crippen LogP contribution in [0.5, 0.6) is 0 Å². The summed E-state index contributed by atoms with van der Waals surface area (Å²) in [4.78, 5) is 7.19. The molecule has 1 atom stereocenters. The standard InChI is InChI=1S/C19H32N6O.HI/c1-3-20-19(21-9-6-16-7-11-26-12-8-16)23-17-5-4-10-25(14-17)18-13-22-24(2)15-18;/h7,13,15,17H,3-6,8-12,14H2,1-2H3,(H2,20,21,23);1H. The fourth-order valence-corrected chi connectivity index (χ4v) is 3.52. The van der Waals surface area contributed by atoms with E-state index in [1.54, 1.807) is 0 Å². The number of aliphatic imine (C=N–C) groups is 1. The molecule has 3 rings (SSSR count). The number of aromatic nitrogens is 2. The summed E-state index contributed by atoms with van der Waals surface area (Å²) < 4.78 is 7.23. The fourth-order valence-electron chi connectivity index (χ4n) is 3.52. The molecule has 0 saturated carbocycles. The van der Waals surface area contributed by atoms with Crippen LogP contribution in [0, 0.1) is 0 Å². The van der Waals surface area contributed by atoms with Gasteiger partial charge in [-0.1, -0.05) is 11.6 Å². The van der Waals surface area contributed by atoms with Crippen LogP contribution in [-0.2, 0) is 11.8 Å². The highest BCUT2D eigenvalue weighted by Gasteiger charge is 2.21. The first-order valence-corrected chi connectivity index (χ1v) is 9.78. The van der Waals surface area contributed by atoms with Gasteiger partial charge in [0.05, 0.1) is 25.1 Å². The number of piperidine rings is 1. The van der Waals surface area contributed by atoms with Crippen molar-refractivity contribution in [3.8, 4) is 0 Å². The maximum Gasteiger partial charge on any atom is 0.191 e. The van der Waals surface area contributed by atoms with Crippen molar-refractivity contribution < 1.29 is 4.74 Å². The normalized spacial score (nSPS) is 20.7. The SMILES string of the molecule is CCNC(=NCCC1=CCOCC1)NC1CCCN(c2cnn(C)c2)C1.I. The molecule has 27 heavy (non-hydrogen) atoms. The molecule has 8 heteroatoms. The van der Waals surface area contributed by atoms with E-state index in [9.17, 15) is 0 Å². The van der Waals surface area contributed by atoms with Gasteiger partial charge in [0.15, 0.2) is 5.96 Å². The van der Waals surface area contributed by atoms with Crippen LogP contribution in [-0.4, -0.2) is 61.2 Å². The number of halogens is 1. The zero-order valence-electron chi connectivity index (χ0n) is 16.5. The summed E-state index contributed by atoms with van der Waals surface area (Å²) in [5, 5.41) is 11.3. The minimum atomic E-state index is 0. The zero-order valence-corrected chi connectivity index (χ0v) is 18.8. The molecule has 7 nitrogen and oxygen atoms in total. The minimum Gasteiger partial charge on any atom is -0.377 e. The summed E-state index contributed by atoms with van der Waals surface area (Å²) >= 11 is 0. The Labute approximate surface area is 179 Å². The molecule has 2 aliphatic heterocycles. The van der Waals surface area contributed by atoms with Gasteiger partial charge in [-0.25, -0.2) is 0 Å². The molecule has 0 aliphatic carbocycles. The molecule has 2 aliphatic rings. The zero-order chi connectivity index (χ0) is 18.2. The lowest BCUT2D eigenvalue weighted by Crippen LogP contribution is -2.51. The maximum absolute atomic E-state index is 5.37. The second kappa shape index (κ2) is 11.5. The summed E-state index contributed by atoms with van der Waals surface area (Å²) in [6.07, 6.45) is 10.6. The van der Waals surface area contributed by atoms with E-state index in [-0.39, 0.29) is 24.0 Å². The molecule has 0 radical (unpaired) electrons. The van der Waals surface area contributed by atoms with Gasteiger partial charge in [0.25, 0.3) is 0 Å². The third kappa shape index (κ3) is 6.99. The minimum absolute atomic E-state index is 0. The second-order valence-corrected chi connectivity index (χ2v) is 7.00. The van der Waals surface area contributed by atoms with E-state index in [1.165, 1.54) is 24.1 Å². The van der Waals surface area contributed by atoms with Crippen LogP contribution >= 0.6 is 24.0 Å².